The lowest BCUT2D eigenvalue weighted by Gasteiger charge is -2.21. The topological polar surface area (TPSA) is 237 Å². The van der Waals surface area contributed by atoms with Crippen molar-refractivity contribution in [3.05, 3.63) is 194 Å². The van der Waals surface area contributed by atoms with Crippen molar-refractivity contribution in [1.29, 1.82) is 0 Å². The Morgan fingerprint density at radius 1 is 0.294 bits per heavy atom. The van der Waals surface area contributed by atoms with E-state index in [0.717, 1.165) is 116 Å². The monoisotopic (exact) mass is 1460 g/mol. The van der Waals surface area contributed by atoms with E-state index in [1.807, 2.05) is 42.5 Å². The van der Waals surface area contributed by atoms with Crippen LogP contribution in [0, 0.1) is 0 Å². The fourth-order valence-electron chi connectivity index (χ4n) is 9.00. The largest absolute Gasteiger partial charge is 0.472 e. The van der Waals surface area contributed by atoms with Crippen molar-refractivity contribution < 1.29 is 80.2 Å². The third-order valence-electron chi connectivity index (χ3n) is 14.6. The normalized spacial score (nSPS) is 15.0. The first kappa shape index (κ1) is 95.9. The minimum absolute atomic E-state index is 0.00792. The van der Waals surface area contributed by atoms with Crippen LogP contribution in [0.1, 0.15) is 246 Å². The molecule has 0 aromatic rings. The van der Waals surface area contributed by atoms with Crippen LogP contribution in [0.4, 0.5) is 0 Å². The number of esters is 4. The highest BCUT2D eigenvalue weighted by Gasteiger charge is 2.30. The zero-order chi connectivity index (χ0) is 74.6. The number of rotatable bonds is 68. The Morgan fingerprint density at radius 3 is 0.922 bits per heavy atom. The van der Waals surface area contributed by atoms with Crippen molar-refractivity contribution in [2.75, 3.05) is 39.6 Å². The molecule has 5 atom stereocenters. The summed E-state index contributed by atoms with van der Waals surface area (Å²) in [5.74, 6) is -2.51. The summed E-state index contributed by atoms with van der Waals surface area (Å²) in [4.78, 5) is 72.7. The first-order valence-corrected chi connectivity index (χ1v) is 40.7. The zero-order valence-corrected chi connectivity index (χ0v) is 64.2. The molecule has 0 rings (SSSR count). The van der Waals surface area contributed by atoms with Crippen LogP contribution in [0.5, 0.6) is 0 Å². The molecule has 0 aromatic heterocycles. The van der Waals surface area contributed by atoms with Gasteiger partial charge in [0.25, 0.3) is 0 Å². The maximum Gasteiger partial charge on any atom is 0.472 e. The predicted octanol–water partition coefficient (Wildman–Crippen LogP) is 21.8. The number of aliphatic hydroxyl groups is 1. The second-order valence-corrected chi connectivity index (χ2v) is 27.0. The highest BCUT2D eigenvalue weighted by Crippen LogP contribution is 2.45. The van der Waals surface area contributed by atoms with Crippen molar-refractivity contribution >= 4 is 39.5 Å². The van der Waals surface area contributed by atoms with Gasteiger partial charge in [0.15, 0.2) is 12.2 Å². The highest BCUT2D eigenvalue weighted by molar-refractivity contribution is 7.47. The van der Waals surface area contributed by atoms with E-state index in [2.05, 4.69) is 167 Å². The van der Waals surface area contributed by atoms with Crippen LogP contribution in [-0.4, -0.2) is 96.7 Å². The van der Waals surface area contributed by atoms with Crippen molar-refractivity contribution in [3.63, 3.8) is 0 Å². The fourth-order valence-corrected chi connectivity index (χ4v) is 10.6. The Labute approximate surface area is 615 Å². The number of aliphatic hydroxyl groups excluding tert-OH is 1. The van der Waals surface area contributed by atoms with Gasteiger partial charge in [-0.25, -0.2) is 9.13 Å². The molecular formula is C83H130O17P2. The Hall–Kier alpha value is -6.10. The van der Waals surface area contributed by atoms with Gasteiger partial charge in [0.05, 0.1) is 32.8 Å². The van der Waals surface area contributed by atoms with Crippen molar-refractivity contribution in [2.45, 2.75) is 264 Å². The molecule has 0 spiro atoms. The Bertz CT molecular complexity index is 2700. The molecule has 0 amide bonds. The molecule has 3 N–H and O–H groups in total. The second-order valence-electron chi connectivity index (χ2n) is 24.1. The number of ether oxygens (including phenoxy) is 4. The van der Waals surface area contributed by atoms with E-state index >= 15 is 0 Å². The minimum atomic E-state index is -5.03. The zero-order valence-electron chi connectivity index (χ0n) is 62.4. The summed E-state index contributed by atoms with van der Waals surface area (Å²) >= 11 is 0. The molecule has 0 heterocycles. The first-order chi connectivity index (χ1) is 49.7. The van der Waals surface area contributed by atoms with Gasteiger partial charge in [-0.1, -0.05) is 286 Å². The fraction of sp³-hybridized carbons (Fsp3) is 0.566. The molecule has 0 fully saturated rings. The molecule has 19 heteroatoms. The van der Waals surface area contributed by atoms with Crippen LogP contribution in [0.25, 0.3) is 0 Å². The lowest BCUT2D eigenvalue weighted by Crippen LogP contribution is -2.30. The molecule has 0 aromatic carbocycles. The average Bonchev–Trinajstić information content (AvgIpc) is 0.939. The van der Waals surface area contributed by atoms with E-state index in [1.54, 1.807) is 12.2 Å². The van der Waals surface area contributed by atoms with Crippen molar-refractivity contribution in [3.8, 4) is 0 Å². The maximum atomic E-state index is 13.1. The molecule has 102 heavy (non-hydrogen) atoms. The van der Waals surface area contributed by atoms with E-state index in [-0.39, 0.29) is 25.7 Å². The van der Waals surface area contributed by atoms with Crippen LogP contribution >= 0.6 is 15.6 Å². The predicted molar refractivity (Wildman–Crippen MR) is 417 cm³/mol. The lowest BCUT2D eigenvalue weighted by molar-refractivity contribution is -0.161. The van der Waals surface area contributed by atoms with Gasteiger partial charge in [-0.3, -0.25) is 37.3 Å². The summed E-state index contributed by atoms with van der Waals surface area (Å²) in [5.41, 5.74) is 0. The molecule has 0 aliphatic rings. The quantitative estimate of drug-likeness (QED) is 0.0169. The molecule has 0 saturated carbocycles. The lowest BCUT2D eigenvalue weighted by atomic mass is 10.1. The summed E-state index contributed by atoms with van der Waals surface area (Å²) in [6, 6.07) is 0. The van der Waals surface area contributed by atoms with Gasteiger partial charge in [-0.2, -0.15) is 0 Å². The van der Waals surface area contributed by atoms with Crippen LogP contribution in [0.15, 0.2) is 194 Å². The SMILES string of the molecule is CC/C=C\C/C=C\C/C=C\C/C=C\C/C=C\C/C=C\CCC(=O)OCC(COP(=O)(O)OCC(O)COP(=O)(O)OCC(COC(=O)CCC/C=C\C/C=C\C/C=C\C/C=C\C/C=C\CC)OC(=O)CCCCCCCCCCCCC)OC(=O)C/C=C\C/C=C\C/C=C\C/C=C\C/C=C\CC. The third kappa shape index (κ3) is 72.3. The number of phosphoric ester groups is 2. The Morgan fingerprint density at radius 2 is 0.569 bits per heavy atom. The summed E-state index contributed by atoms with van der Waals surface area (Å²) in [5, 5.41) is 10.6. The van der Waals surface area contributed by atoms with Gasteiger partial charge in [0.2, 0.25) is 0 Å². The van der Waals surface area contributed by atoms with Gasteiger partial charge in [0.1, 0.15) is 19.3 Å². The molecule has 17 nitrogen and oxygen atoms in total. The first-order valence-electron chi connectivity index (χ1n) is 37.7. The highest BCUT2D eigenvalue weighted by atomic mass is 31.2. The van der Waals surface area contributed by atoms with Gasteiger partial charge in [-0.05, 0) is 128 Å². The summed E-state index contributed by atoms with van der Waals surface area (Å²) in [6.45, 7) is 4.21. The van der Waals surface area contributed by atoms with E-state index < -0.39 is 97.5 Å². The Balaban J connectivity index is 5.53. The molecule has 0 radical (unpaired) electrons. The minimum Gasteiger partial charge on any atom is -0.462 e. The summed E-state index contributed by atoms with van der Waals surface area (Å²) in [6.07, 6.45) is 89.2. The van der Waals surface area contributed by atoms with Crippen LogP contribution in [0.3, 0.4) is 0 Å². The number of allylic oxidation sites excluding steroid dienone is 31. The van der Waals surface area contributed by atoms with Crippen molar-refractivity contribution in [1.82, 2.24) is 0 Å². The summed E-state index contributed by atoms with van der Waals surface area (Å²) in [7, 11) is -10.0. The molecular weight excluding hydrogens is 1330 g/mol. The number of hydrogen-bond donors (Lipinski definition) is 3. The second kappa shape index (κ2) is 73.2. The number of unbranched alkanes of at least 4 members (excludes halogenated alkanes) is 11. The van der Waals surface area contributed by atoms with E-state index in [0.29, 0.717) is 38.5 Å². The molecule has 0 bridgehead atoms. The maximum absolute atomic E-state index is 13.1. The number of phosphoric acid groups is 2. The molecule has 574 valence electrons. The van der Waals surface area contributed by atoms with E-state index in [4.69, 9.17) is 37.0 Å². The van der Waals surface area contributed by atoms with Gasteiger partial charge >= 0.3 is 39.5 Å². The third-order valence-corrected chi connectivity index (χ3v) is 16.5. The molecule has 0 saturated heterocycles. The summed E-state index contributed by atoms with van der Waals surface area (Å²) < 4.78 is 68.1. The van der Waals surface area contributed by atoms with Gasteiger partial charge in [0, 0.05) is 19.3 Å². The number of carbonyl (C=O) groups excluding carboxylic acids is 4. The smallest absolute Gasteiger partial charge is 0.462 e. The van der Waals surface area contributed by atoms with E-state index in [9.17, 15) is 43.2 Å². The Kier molecular flexibility index (Phi) is 68.8. The number of carbonyl (C=O) groups is 4. The molecule has 0 aliphatic heterocycles. The molecule has 5 unspecified atom stereocenters. The number of hydrogen-bond acceptors (Lipinski definition) is 15. The average molecular weight is 1460 g/mol. The van der Waals surface area contributed by atoms with Gasteiger partial charge in [-0.15, -0.1) is 0 Å². The van der Waals surface area contributed by atoms with Crippen LogP contribution in [-0.2, 0) is 65.4 Å². The standard InChI is InChI=1S/C83H130O17P2/c1-5-9-13-17-21-25-29-32-35-37-38-40-43-45-49-52-56-60-64-68-81(86)94-74-79(100-83(88)70-66-62-58-54-50-46-41-34-31-27-23-19-15-11-7-3)76-98-102(91,92)96-72-77(84)71-95-101(89,90)97-75-78(99-82(87)69-65-61-57-53-47-28-24-20-16-12-8-4)73-93-80(85)67-63-59-55-51-48-44-42-39-36-33-30-26-22-18-14-10-6-2/h9-11,13-15,21-23,25-27,32-36,38,40-42,44-45,49-51,54-56,60,62,66,77-79,84H,5-8,12,16-20,24,28-31,37,39,43,46-48,52-53,57-59,61,63-65,67-76H2,1-4H3,(H,89,90)(H,91,92)/b13-9-,14-10-,15-11-,25-21-,26-22-,27-23-,35-32-,36-33-,40-38-,41-34-,44-42-,49-45-,54-50-,55-51-,60-56-,66-62-. The van der Waals surface area contributed by atoms with Crippen molar-refractivity contribution in [2.24, 2.45) is 0 Å². The van der Waals surface area contributed by atoms with Gasteiger partial charge < -0.3 is 33.8 Å². The van der Waals surface area contributed by atoms with Crippen LogP contribution in [0.2, 0.25) is 0 Å². The van der Waals surface area contributed by atoms with E-state index in [1.165, 1.54) is 38.5 Å². The van der Waals surface area contributed by atoms with Crippen LogP contribution < -0.4 is 0 Å². The molecule has 0 aliphatic carbocycles.